The van der Waals surface area contributed by atoms with Crippen molar-refractivity contribution >= 4 is 23.6 Å². The Morgan fingerprint density at radius 1 is 1.43 bits per heavy atom. The van der Waals surface area contributed by atoms with Gasteiger partial charge in [-0.2, -0.15) is 11.8 Å². The first-order valence-corrected chi connectivity index (χ1v) is 8.12. The molecule has 1 aromatic carbocycles. The Balaban J connectivity index is 1.90. The molecule has 6 heteroatoms. The van der Waals surface area contributed by atoms with Crippen LogP contribution in [0.15, 0.2) is 30.3 Å². The maximum absolute atomic E-state index is 12.1. The second-order valence-corrected chi connectivity index (χ2v) is 6.25. The molecule has 2 unspecified atom stereocenters. The van der Waals surface area contributed by atoms with Gasteiger partial charge in [0, 0.05) is 18.1 Å². The minimum absolute atomic E-state index is 0.0823. The standard InChI is InChI=1S/C15H20N2O3S/c1-11(12-5-3-2-4-6-12)16-14(18)9-17-7-8-21-10-13(17)15(19)20/h2-6,11,13H,7-10H2,1H3,(H,16,18)(H,19,20). The van der Waals surface area contributed by atoms with Gasteiger partial charge in [0.25, 0.3) is 0 Å². The molecule has 0 spiro atoms. The van der Waals surface area contributed by atoms with Gasteiger partial charge in [-0.15, -0.1) is 0 Å². The number of rotatable bonds is 5. The molecule has 2 rings (SSSR count). The normalized spacial score (nSPS) is 20.7. The number of hydrogen-bond donors (Lipinski definition) is 2. The average molecular weight is 308 g/mol. The zero-order valence-corrected chi connectivity index (χ0v) is 12.8. The van der Waals surface area contributed by atoms with Gasteiger partial charge in [-0.3, -0.25) is 14.5 Å². The third-order valence-electron chi connectivity index (χ3n) is 3.55. The highest BCUT2D eigenvalue weighted by molar-refractivity contribution is 7.99. The summed E-state index contributed by atoms with van der Waals surface area (Å²) in [4.78, 5) is 25.1. The van der Waals surface area contributed by atoms with Crippen LogP contribution in [0.5, 0.6) is 0 Å². The summed E-state index contributed by atoms with van der Waals surface area (Å²) in [6.45, 7) is 2.69. The summed E-state index contributed by atoms with van der Waals surface area (Å²) in [5.74, 6) is 0.415. The number of carbonyl (C=O) groups is 2. The van der Waals surface area contributed by atoms with E-state index in [0.29, 0.717) is 12.3 Å². The van der Waals surface area contributed by atoms with Crippen LogP contribution < -0.4 is 5.32 Å². The van der Waals surface area contributed by atoms with Crippen LogP contribution in [0.2, 0.25) is 0 Å². The van der Waals surface area contributed by atoms with Gasteiger partial charge in [0.1, 0.15) is 6.04 Å². The van der Waals surface area contributed by atoms with Crippen LogP contribution in [0.25, 0.3) is 0 Å². The molecule has 0 bridgehead atoms. The quantitative estimate of drug-likeness (QED) is 0.860. The molecule has 0 radical (unpaired) electrons. The summed E-state index contributed by atoms with van der Waals surface area (Å²) in [5, 5.41) is 12.1. The highest BCUT2D eigenvalue weighted by Gasteiger charge is 2.30. The van der Waals surface area contributed by atoms with Crippen LogP contribution in [-0.4, -0.2) is 52.5 Å². The molecule has 1 aromatic rings. The Hall–Kier alpha value is -1.53. The molecule has 1 saturated heterocycles. The number of carboxylic acids is 1. The number of carboxylic acid groups (broad SMARTS) is 1. The lowest BCUT2D eigenvalue weighted by molar-refractivity contribution is -0.143. The Labute approximate surface area is 128 Å². The van der Waals surface area contributed by atoms with E-state index in [1.165, 1.54) is 0 Å². The maximum Gasteiger partial charge on any atom is 0.321 e. The number of hydrogen-bond acceptors (Lipinski definition) is 4. The molecule has 2 atom stereocenters. The minimum atomic E-state index is -0.855. The Kier molecular flexibility index (Phi) is 5.64. The molecular formula is C15H20N2O3S. The van der Waals surface area contributed by atoms with Crippen LogP contribution in [-0.2, 0) is 9.59 Å². The van der Waals surface area contributed by atoms with Crippen LogP contribution in [0.1, 0.15) is 18.5 Å². The highest BCUT2D eigenvalue weighted by atomic mass is 32.2. The van der Waals surface area contributed by atoms with E-state index in [1.807, 2.05) is 37.3 Å². The molecule has 114 valence electrons. The fourth-order valence-electron chi connectivity index (χ4n) is 2.35. The molecule has 1 amide bonds. The molecule has 0 aromatic heterocycles. The largest absolute Gasteiger partial charge is 0.480 e. The summed E-state index contributed by atoms with van der Waals surface area (Å²) in [6.07, 6.45) is 0. The van der Waals surface area contributed by atoms with E-state index in [-0.39, 0.29) is 18.5 Å². The average Bonchev–Trinajstić information content (AvgIpc) is 2.48. The Bertz CT molecular complexity index is 495. The summed E-state index contributed by atoms with van der Waals surface area (Å²) in [6, 6.07) is 9.06. The van der Waals surface area contributed by atoms with Crippen molar-refractivity contribution in [3.8, 4) is 0 Å². The van der Waals surface area contributed by atoms with Crippen LogP contribution >= 0.6 is 11.8 Å². The first kappa shape index (κ1) is 15.9. The van der Waals surface area contributed by atoms with Gasteiger partial charge in [-0.25, -0.2) is 0 Å². The SMILES string of the molecule is CC(NC(=O)CN1CCSCC1C(=O)O)c1ccccc1. The zero-order chi connectivity index (χ0) is 15.2. The monoisotopic (exact) mass is 308 g/mol. The van der Waals surface area contributed by atoms with Crippen LogP contribution in [0.3, 0.4) is 0 Å². The van der Waals surface area contributed by atoms with Crippen molar-refractivity contribution in [2.45, 2.75) is 19.0 Å². The van der Waals surface area contributed by atoms with Gasteiger partial charge in [0.05, 0.1) is 12.6 Å². The summed E-state index contributed by atoms with van der Waals surface area (Å²) in [5.41, 5.74) is 1.04. The van der Waals surface area contributed by atoms with E-state index in [2.05, 4.69) is 5.32 Å². The molecule has 1 fully saturated rings. The van der Waals surface area contributed by atoms with Crippen LogP contribution in [0.4, 0.5) is 0 Å². The summed E-state index contributed by atoms with van der Waals surface area (Å²) >= 11 is 1.62. The van der Waals surface area contributed by atoms with E-state index in [9.17, 15) is 14.7 Å². The van der Waals surface area contributed by atoms with Gasteiger partial charge in [0.2, 0.25) is 5.91 Å². The number of aliphatic carboxylic acids is 1. The maximum atomic E-state index is 12.1. The van der Waals surface area contributed by atoms with E-state index >= 15 is 0 Å². The van der Waals surface area contributed by atoms with E-state index < -0.39 is 12.0 Å². The molecule has 21 heavy (non-hydrogen) atoms. The van der Waals surface area contributed by atoms with Crippen molar-refractivity contribution in [2.75, 3.05) is 24.6 Å². The molecule has 5 nitrogen and oxygen atoms in total. The highest BCUT2D eigenvalue weighted by Crippen LogP contribution is 2.17. The van der Waals surface area contributed by atoms with Crippen molar-refractivity contribution in [2.24, 2.45) is 0 Å². The molecule has 1 aliphatic heterocycles. The van der Waals surface area contributed by atoms with Crippen molar-refractivity contribution in [1.29, 1.82) is 0 Å². The zero-order valence-electron chi connectivity index (χ0n) is 12.0. The molecule has 0 saturated carbocycles. The van der Waals surface area contributed by atoms with Crippen molar-refractivity contribution in [3.05, 3.63) is 35.9 Å². The predicted octanol–water partition coefficient (Wildman–Crippen LogP) is 1.37. The predicted molar refractivity (Wildman–Crippen MR) is 83.3 cm³/mol. The molecule has 1 heterocycles. The van der Waals surface area contributed by atoms with Crippen molar-refractivity contribution < 1.29 is 14.7 Å². The molecular weight excluding hydrogens is 288 g/mol. The fourth-order valence-corrected chi connectivity index (χ4v) is 3.46. The lowest BCUT2D eigenvalue weighted by Gasteiger charge is -2.32. The second kappa shape index (κ2) is 7.47. The van der Waals surface area contributed by atoms with Gasteiger partial charge in [-0.05, 0) is 12.5 Å². The number of nitrogens with zero attached hydrogens (tertiary/aromatic N) is 1. The number of carbonyl (C=O) groups excluding carboxylic acids is 1. The van der Waals surface area contributed by atoms with E-state index in [1.54, 1.807) is 16.7 Å². The molecule has 1 aliphatic rings. The lowest BCUT2D eigenvalue weighted by atomic mass is 10.1. The first-order chi connectivity index (χ1) is 10.1. The van der Waals surface area contributed by atoms with Gasteiger partial charge in [0.15, 0.2) is 0 Å². The van der Waals surface area contributed by atoms with Crippen molar-refractivity contribution in [3.63, 3.8) is 0 Å². The molecule has 2 N–H and O–H groups in total. The third kappa shape index (κ3) is 4.47. The number of nitrogens with one attached hydrogen (secondary N) is 1. The lowest BCUT2D eigenvalue weighted by Crippen LogP contribution is -2.51. The Morgan fingerprint density at radius 3 is 2.81 bits per heavy atom. The van der Waals surface area contributed by atoms with E-state index in [0.717, 1.165) is 11.3 Å². The number of thioether (sulfide) groups is 1. The van der Waals surface area contributed by atoms with E-state index in [4.69, 9.17) is 0 Å². The summed E-state index contributed by atoms with van der Waals surface area (Å²) < 4.78 is 0. The third-order valence-corrected chi connectivity index (χ3v) is 4.57. The summed E-state index contributed by atoms with van der Waals surface area (Å²) in [7, 11) is 0. The number of benzene rings is 1. The molecule has 0 aliphatic carbocycles. The van der Waals surface area contributed by atoms with Crippen molar-refractivity contribution in [1.82, 2.24) is 10.2 Å². The second-order valence-electron chi connectivity index (χ2n) is 5.10. The smallest absolute Gasteiger partial charge is 0.321 e. The number of amides is 1. The first-order valence-electron chi connectivity index (χ1n) is 6.97. The minimum Gasteiger partial charge on any atom is -0.480 e. The topological polar surface area (TPSA) is 69.6 Å². The van der Waals surface area contributed by atoms with Gasteiger partial charge in [-0.1, -0.05) is 30.3 Å². The Morgan fingerprint density at radius 2 is 2.14 bits per heavy atom. The van der Waals surface area contributed by atoms with Gasteiger partial charge < -0.3 is 10.4 Å². The van der Waals surface area contributed by atoms with Gasteiger partial charge >= 0.3 is 5.97 Å². The van der Waals surface area contributed by atoms with Crippen LogP contribution in [0, 0.1) is 0 Å². The fraction of sp³-hybridized carbons (Fsp3) is 0.467.